The monoisotopic (exact) mass is 376 g/mol. The van der Waals surface area contributed by atoms with Gasteiger partial charge in [0.15, 0.2) is 0 Å². The van der Waals surface area contributed by atoms with Crippen LogP contribution < -0.4 is 5.32 Å². The standard InChI is InChI=1S/C22H24N4O2/c1-16-9-11-19(12-10-16)23-22(27)18-8-5-13-26(14-18)15-20-24-21(25-28-20)17-6-3-2-4-7-17/h2-4,6-7,9-12,18H,5,8,13-15H2,1H3,(H,23,27). The number of hydrogen-bond donors (Lipinski definition) is 1. The number of hydrogen-bond acceptors (Lipinski definition) is 5. The van der Waals surface area contributed by atoms with Crippen LogP contribution in [0.15, 0.2) is 59.1 Å². The van der Waals surface area contributed by atoms with Crippen LogP contribution in [0.25, 0.3) is 11.4 Å². The molecule has 4 rings (SSSR count). The smallest absolute Gasteiger partial charge is 0.241 e. The summed E-state index contributed by atoms with van der Waals surface area (Å²) < 4.78 is 5.42. The number of piperidine rings is 1. The SMILES string of the molecule is Cc1ccc(NC(=O)C2CCCN(Cc3nc(-c4ccccc4)no3)C2)cc1. The van der Waals surface area contributed by atoms with Crippen molar-refractivity contribution in [3.63, 3.8) is 0 Å². The maximum absolute atomic E-state index is 12.7. The van der Waals surface area contributed by atoms with Gasteiger partial charge in [0, 0.05) is 17.8 Å². The molecule has 28 heavy (non-hydrogen) atoms. The van der Waals surface area contributed by atoms with Gasteiger partial charge in [0.2, 0.25) is 17.6 Å². The highest BCUT2D eigenvalue weighted by Gasteiger charge is 2.27. The number of anilines is 1. The molecule has 0 bridgehead atoms. The van der Waals surface area contributed by atoms with Crippen molar-refractivity contribution in [3.05, 3.63) is 66.1 Å². The van der Waals surface area contributed by atoms with Crippen LogP contribution in [0.5, 0.6) is 0 Å². The van der Waals surface area contributed by atoms with E-state index in [-0.39, 0.29) is 11.8 Å². The van der Waals surface area contributed by atoms with Gasteiger partial charge in [0.25, 0.3) is 0 Å². The maximum atomic E-state index is 12.7. The van der Waals surface area contributed by atoms with Crippen molar-refractivity contribution in [1.29, 1.82) is 0 Å². The molecule has 1 atom stereocenters. The Morgan fingerprint density at radius 2 is 1.96 bits per heavy atom. The first-order chi connectivity index (χ1) is 13.7. The van der Waals surface area contributed by atoms with Crippen molar-refractivity contribution >= 4 is 11.6 Å². The van der Waals surface area contributed by atoms with Gasteiger partial charge in [-0.3, -0.25) is 9.69 Å². The maximum Gasteiger partial charge on any atom is 0.241 e. The number of rotatable bonds is 5. The van der Waals surface area contributed by atoms with E-state index in [9.17, 15) is 4.79 Å². The lowest BCUT2D eigenvalue weighted by molar-refractivity contribution is -0.121. The minimum Gasteiger partial charge on any atom is -0.338 e. The van der Waals surface area contributed by atoms with E-state index in [1.165, 1.54) is 5.56 Å². The van der Waals surface area contributed by atoms with Crippen LogP contribution >= 0.6 is 0 Å². The average molecular weight is 376 g/mol. The van der Waals surface area contributed by atoms with E-state index in [4.69, 9.17) is 4.52 Å². The Balaban J connectivity index is 1.35. The number of aromatic nitrogens is 2. The summed E-state index contributed by atoms with van der Waals surface area (Å²) >= 11 is 0. The van der Waals surface area contributed by atoms with Crippen molar-refractivity contribution in [2.75, 3.05) is 18.4 Å². The van der Waals surface area contributed by atoms with E-state index >= 15 is 0 Å². The van der Waals surface area contributed by atoms with Crippen LogP contribution in [0.2, 0.25) is 0 Å². The molecule has 1 aliphatic heterocycles. The second-order valence-electron chi connectivity index (χ2n) is 7.31. The molecule has 2 heterocycles. The lowest BCUT2D eigenvalue weighted by Gasteiger charge is -2.30. The number of aryl methyl sites for hydroxylation is 1. The summed E-state index contributed by atoms with van der Waals surface area (Å²) in [5.41, 5.74) is 2.96. The molecule has 1 aliphatic rings. The quantitative estimate of drug-likeness (QED) is 0.731. The first kappa shape index (κ1) is 18.4. The molecule has 0 aliphatic carbocycles. The summed E-state index contributed by atoms with van der Waals surface area (Å²) in [6.45, 7) is 4.22. The highest BCUT2D eigenvalue weighted by atomic mass is 16.5. The lowest BCUT2D eigenvalue weighted by Crippen LogP contribution is -2.40. The molecule has 1 amide bonds. The first-order valence-corrected chi connectivity index (χ1v) is 9.65. The van der Waals surface area contributed by atoms with Crippen LogP contribution in [0.4, 0.5) is 5.69 Å². The molecule has 3 aromatic rings. The van der Waals surface area contributed by atoms with Gasteiger partial charge in [-0.05, 0) is 38.4 Å². The normalized spacial score (nSPS) is 17.4. The molecule has 6 heteroatoms. The van der Waals surface area contributed by atoms with Gasteiger partial charge in [-0.2, -0.15) is 4.98 Å². The molecule has 1 fully saturated rings. The number of carbonyl (C=O) groups excluding carboxylic acids is 1. The zero-order valence-electron chi connectivity index (χ0n) is 16.0. The Labute approximate surface area is 164 Å². The molecular formula is C22H24N4O2. The largest absolute Gasteiger partial charge is 0.338 e. The van der Waals surface area contributed by atoms with Crippen LogP contribution in [-0.2, 0) is 11.3 Å². The minimum atomic E-state index is -0.0356. The van der Waals surface area contributed by atoms with Crippen LogP contribution in [0.1, 0.15) is 24.3 Å². The van der Waals surface area contributed by atoms with E-state index < -0.39 is 0 Å². The molecule has 0 saturated carbocycles. The van der Waals surface area contributed by atoms with E-state index in [0.717, 1.165) is 30.6 Å². The lowest BCUT2D eigenvalue weighted by atomic mass is 9.97. The van der Waals surface area contributed by atoms with Gasteiger partial charge < -0.3 is 9.84 Å². The fraction of sp³-hybridized carbons (Fsp3) is 0.318. The Hall–Kier alpha value is -2.99. The van der Waals surface area contributed by atoms with E-state index in [1.54, 1.807) is 0 Å². The van der Waals surface area contributed by atoms with Gasteiger partial charge in [0.05, 0.1) is 12.5 Å². The minimum absolute atomic E-state index is 0.0356. The number of nitrogens with one attached hydrogen (secondary N) is 1. The van der Waals surface area contributed by atoms with Crippen molar-refractivity contribution in [1.82, 2.24) is 15.0 Å². The number of nitrogens with zero attached hydrogens (tertiary/aromatic N) is 3. The summed E-state index contributed by atoms with van der Waals surface area (Å²) in [6, 6.07) is 17.7. The van der Waals surface area contributed by atoms with Crippen molar-refractivity contribution in [2.45, 2.75) is 26.3 Å². The highest BCUT2D eigenvalue weighted by Crippen LogP contribution is 2.21. The van der Waals surface area contributed by atoms with Crippen LogP contribution in [-0.4, -0.2) is 34.0 Å². The molecule has 2 aromatic carbocycles. The second kappa shape index (κ2) is 8.35. The number of amides is 1. The third-order valence-corrected chi connectivity index (χ3v) is 5.05. The zero-order valence-corrected chi connectivity index (χ0v) is 16.0. The Morgan fingerprint density at radius 1 is 1.18 bits per heavy atom. The van der Waals surface area contributed by atoms with Gasteiger partial charge in [-0.15, -0.1) is 0 Å². The summed E-state index contributed by atoms with van der Waals surface area (Å²) in [7, 11) is 0. The van der Waals surface area contributed by atoms with Crippen LogP contribution in [0.3, 0.4) is 0 Å². The molecule has 1 unspecified atom stereocenters. The third-order valence-electron chi connectivity index (χ3n) is 5.05. The van der Waals surface area contributed by atoms with E-state index in [0.29, 0.717) is 24.8 Å². The topological polar surface area (TPSA) is 71.3 Å². The van der Waals surface area contributed by atoms with Crippen molar-refractivity contribution in [3.8, 4) is 11.4 Å². The fourth-order valence-corrected chi connectivity index (χ4v) is 3.51. The number of benzene rings is 2. The van der Waals surface area contributed by atoms with Gasteiger partial charge >= 0.3 is 0 Å². The van der Waals surface area contributed by atoms with Crippen molar-refractivity contribution in [2.24, 2.45) is 5.92 Å². The first-order valence-electron chi connectivity index (χ1n) is 9.65. The predicted molar refractivity (Wildman–Crippen MR) is 108 cm³/mol. The van der Waals surface area contributed by atoms with Crippen LogP contribution in [0, 0.1) is 12.8 Å². The Kier molecular flexibility index (Phi) is 5.48. The number of carbonyl (C=O) groups is 1. The van der Waals surface area contributed by atoms with E-state index in [2.05, 4.69) is 20.4 Å². The van der Waals surface area contributed by atoms with Gasteiger partial charge in [-0.1, -0.05) is 53.2 Å². The molecule has 1 saturated heterocycles. The number of likely N-dealkylation sites (tertiary alicyclic amines) is 1. The fourth-order valence-electron chi connectivity index (χ4n) is 3.51. The molecule has 6 nitrogen and oxygen atoms in total. The Bertz CT molecular complexity index is 921. The molecule has 1 N–H and O–H groups in total. The summed E-state index contributed by atoms with van der Waals surface area (Å²) in [6.07, 6.45) is 1.87. The zero-order chi connectivity index (χ0) is 19.3. The van der Waals surface area contributed by atoms with Crippen molar-refractivity contribution < 1.29 is 9.32 Å². The predicted octanol–water partition coefficient (Wildman–Crippen LogP) is 3.90. The highest BCUT2D eigenvalue weighted by molar-refractivity contribution is 5.92. The second-order valence-corrected chi connectivity index (χ2v) is 7.31. The van der Waals surface area contributed by atoms with Gasteiger partial charge in [-0.25, -0.2) is 0 Å². The third kappa shape index (κ3) is 4.46. The summed E-state index contributed by atoms with van der Waals surface area (Å²) in [5, 5.41) is 7.11. The Morgan fingerprint density at radius 3 is 2.75 bits per heavy atom. The molecular weight excluding hydrogens is 352 g/mol. The van der Waals surface area contributed by atoms with E-state index in [1.807, 2.05) is 61.5 Å². The molecule has 144 valence electrons. The summed E-state index contributed by atoms with van der Waals surface area (Å²) in [4.78, 5) is 19.4. The summed E-state index contributed by atoms with van der Waals surface area (Å²) in [5.74, 6) is 1.22. The molecule has 1 aromatic heterocycles. The average Bonchev–Trinajstić information content (AvgIpc) is 3.19. The van der Waals surface area contributed by atoms with Gasteiger partial charge in [0.1, 0.15) is 0 Å². The molecule has 0 radical (unpaired) electrons. The molecule has 0 spiro atoms.